The highest BCUT2D eigenvalue weighted by atomic mass is 35.5. The molecule has 1 aliphatic rings. The number of nitrogens with one attached hydrogen (secondary N) is 1. The van der Waals surface area contributed by atoms with Gasteiger partial charge in [-0.1, -0.05) is 54.1 Å². The number of aliphatic hydroxyl groups excluding tert-OH is 1. The Morgan fingerprint density at radius 1 is 1.00 bits per heavy atom. The van der Waals surface area contributed by atoms with Crippen molar-refractivity contribution in [1.82, 2.24) is 5.32 Å². The molecule has 0 aromatic heterocycles. The lowest BCUT2D eigenvalue weighted by Crippen LogP contribution is -2.30. The third-order valence-corrected chi connectivity index (χ3v) is 4.34. The van der Waals surface area contributed by atoms with Crippen LogP contribution in [0.25, 0.3) is 0 Å². The van der Waals surface area contributed by atoms with Crippen LogP contribution in [0.1, 0.15) is 36.1 Å². The number of halogens is 1. The topological polar surface area (TPSA) is 32.3 Å². The fraction of sp³-hybridized carbons (Fsp3) is 0.333. The molecule has 110 valence electrons. The Bertz CT molecular complexity index is 566. The van der Waals surface area contributed by atoms with Gasteiger partial charge in [-0.2, -0.15) is 0 Å². The van der Waals surface area contributed by atoms with E-state index in [-0.39, 0.29) is 18.7 Å². The maximum atomic E-state index is 9.74. The van der Waals surface area contributed by atoms with E-state index in [9.17, 15) is 5.11 Å². The van der Waals surface area contributed by atoms with Gasteiger partial charge in [-0.05, 0) is 42.0 Å². The lowest BCUT2D eigenvalue weighted by atomic mass is 9.99. The first-order valence-electron chi connectivity index (χ1n) is 7.45. The molecule has 1 saturated carbocycles. The summed E-state index contributed by atoms with van der Waals surface area (Å²) in [5.41, 5.74) is 2.37. The quantitative estimate of drug-likeness (QED) is 0.841. The number of benzene rings is 2. The van der Waals surface area contributed by atoms with Crippen LogP contribution < -0.4 is 5.32 Å². The molecule has 0 heterocycles. The fourth-order valence-electron chi connectivity index (χ4n) is 2.76. The van der Waals surface area contributed by atoms with Gasteiger partial charge in [-0.3, -0.25) is 0 Å². The SMILES string of the molecule is OC[C@H](NC(c1ccc(Cl)cc1)C1CC1)c1ccccc1. The average molecular weight is 302 g/mol. The smallest absolute Gasteiger partial charge is 0.0626 e. The van der Waals surface area contributed by atoms with Crippen molar-refractivity contribution in [3.8, 4) is 0 Å². The van der Waals surface area contributed by atoms with Crippen molar-refractivity contribution in [3.05, 3.63) is 70.7 Å². The third-order valence-electron chi connectivity index (χ3n) is 4.09. The summed E-state index contributed by atoms with van der Waals surface area (Å²) in [4.78, 5) is 0. The van der Waals surface area contributed by atoms with Gasteiger partial charge in [0.2, 0.25) is 0 Å². The Hall–Kier alpha value is -1.35. The number of hydrogen-bond acceptors (Lipinski definition) is 2. The molecule has 2 N–H and O–H groups in total. The van der Waals surface area contributed by atoms with Crippen LogP contribution in [0.5, 0.6) is 0 Å². The Morgan fingerprint density at radius 2 is 1.67 bits per heavy atom. The minimum absolute atomic E-state index is 0.0347. The molecule has 3 rings (SSSR count). The van der Waals surface area contributed by atoms with Gasteiger partial charge in [0, 0.05) is 11.1 Å². The summed E-state index contributed by atoms with van der Waals surface area (Å²) >= 11 is 5.98. The van der Waals surface area contributed by atoms with E-state index in [1.807, 2.05) is 30.3 Å². The van der Waals surface area contributed by atoms with Crippen molar-refractivity contribution in [3.63, 3.8) is 0 Å². The Kier molecular flexibility index (Phi) is 4.59. The standard InChI is InChI=1S/C18H20ClNO/c19-16-10-8-15(9-11-16)18(14-6-7-14)20-17(12-21)13-4-2-1-3-5-13/h1-5,8-11,14,17-18,20-21H,6-7,12H2/t17-,18?/m0/s1. The lowest BCUT2D eigenvalue weighted by molar-refractivity contribution is 0.228. The monoisotopic (exact) mass is 301 g/mol. The van der Waals surface area contributed by atoms with Crippen molar-refractivity contribution in [2.75, 3.05) is 6.61 Å². The zero-order valence-electron chi connectivity index (χ0n) is 11.9. The van der Waals surface area contributed by atoms with Gasteiger partial charge in [-0.15, -0.1) is 0 Å². The highest BCUT2D eigenvalue weighted by molar-refractivity contribution is 6.30. The molecule has 0 spiro atoms. The van der Waals surface area contributed by atoms with E-state index in [4.69, 9.17) is 11.6 Å². The molecule has 2 aromatic carbocycles. The predicted octanol–water partition coefficient (Wildman–Crippen LogP) is 4.11. The van der Waals surface area contributed by atoms with Crippen LogP contribution in [0.2, 0.25) is 5.02 Å². The van der Waals surface area contributed by atoms with Crippen molar-refractivity contribution in [2.24, 2.45) is 5.92 Å². The van der Waals surface area contributed by atoms with E-state index in [1.54, 1.807) is 0 Å². The second-order valence-corrected chi connectivity index (χ2v) is 6.12. The van der Waals surface area contributed by atoms with Crippen molar-refractivity contribution in [1.29, 1.82) is 0 Å². The molecule has 0 aliphatic heterocycles. The minimum Gasteiger partial charge on any atom is -0.394 e. The molecule has 0 saturated heterocycles. The van der Waals surface area contributed by atoms with E-state index in [0.717, 1.165) is 10.6 Å². The maximum absolute atomic E-state index is 9.74. The molecule has 2 aromatic rings. The summed E-state index contributed by atoms with van der Waals surface area (Å²) in [6.07, 6.45) is 2.49. The first-order chi connectivity index (χ1) is 10.3. The van der Waals surface area contributed by atoms with Crippen LogP contribution >= 0.6 is 11.6 Å². The van der Waals surface area contributed by atoms with Gasteiger partial charge < -0.3 is 10.4 Å². The van der Waals surface area contributed by atoms with Crippen LogP contribution in [0, 0.1) is 5.92 Å². The first kappa shape index (κ1) is 14.6. The van der Waals surface area contributed by atoms with Crippen molar-refractivity contribution < 1.29 is 5.11 Å². The van der Waals surface area contributed by atoms with E-state index in [2.05, 4.69) is 29.6 Å². The molecule has 21 heavy (non-hydrogen) atoms. The van der Waals surface area contributed by atoms with Gasteiger partial charge in [0.15, 0.2) is 0 Å². The molecule has 0 radical (unpaired) electrons. The second kappa shape index (κ2) is 6.61. The molecule has 0 amide bonds. The summed E-state index contributed by atoms with van der Waals surface area (Å²) < 4.78 is 0. The van der Waals surface area contributed by atoms with Gasteiger partial charge in [0.25, 0.3) is 0 Å². The maximum Gasteiger partial charge on any atom is 0.0626 e. The zero-order chi connectivity index (χ0) is 14.7. The van der Waals surface area contributed by atoms with Crippen LogP contribution in [-0.4, -0.2) is 11.7 Å². The number of rotatable bonds is 6. The first-order valence-corrected chi connectivity index (χ1v) is 7.83. The highest BCUT2D eigenvalue weighted by Crippen LogP contribution is 2.42. The fourth-order valence-corrected chi connectivity index (χ4v) is 2.89. The van der Waals surface area contributed by atoms with E-state index < -0.39 is 0 Å². The molecule has 1 fully saturated rings. The van der Waals surface area contributed by atoms with Crippen LogP contribution in [-0.2, 0) is 0 Å². The summed E-state index contributed by atoms with van der Waals surface area (Å²) in [5.74, 6) is 0.656. The molecule has 1 unspecified atom stereocenters. The van der Waals surface area contributed by atoms with Gasteiger partial charge in [0.05, 0.1) is 12.6 Å². The summed E-state index contributed by atoms with van der Waals surface area (Å²) in [7, 11) is 0. The highest BCUT2D eigenvalue weighted by Gasteiger charge is 2.33. The Balaban J connectivity index is 1.80. The summed E-state index contributed by atoms with van der Waals surface area (Å²) in [6.45, 7) is 0.0980. The molecular weight excluding hydrogens is 282 g/mol. The molecule has 2 atom stereocenters. The third kappa shape index (κ3) is 3.65. The second-order valence-electron chi connectivity index (χ2n) is 5.68. The zero-order valence-corrected chi connectivity index (χ0v) is 12.6. The molecule has 2 nitrogen and oxygen atoms in total. The van der Waals surface area contributed by atoms with Gasteiger partial charge in [-0.25, -0.2) is 0 Å². The normalized spacial score (nSPS) is 17.4. The Morgan fingerprint density at radius 3 is 2.24 bits per heavy atom. The van der Waals surface area contributed by atoms with Gasteiger partial charge in [0.1, 0.15) is 0 Å². The Labute approximate surface area is 130 Å². The van der Waals surface area contributed by atoms with Gasteiger partial charge >= 0.3 is 0 Å². The number of hydrogen-bond donors (Lipinski definition) is 2. The van der Waals surface area contributed by atoms with E-state index >= 15 is 0 Å². The molecule has 1 aliphatic carbocycles. The van der Waals surface area contributed by atoms with Crippen molar-refractivity contribution in [2.45, 2.75) is 24.9 Å². The van der Waals surface area contributed by atoms with Crippen molar-refractivity contribution >= 4 is 11.6 Å². The minimum atomic E-state index is -0.0347. The molecule has 3 heteroatoms. The average Bonchev–Trinajstić information content (AvgIpc) is 3.35. The van der Waals surface area contributed by atoms with Crippen LogP contribution in [0.4, 0.5) is 0 Å². The van der Waals surface area contributed by atoms with Crippen LogP contribution in [0.15, 0.2) is 54.6 Å². The largest absolute Gasteiger partial charge is 0.394 e. The lowest BCUT2D eigenvalue weighted by Gasteiger charge is -2.25. The summed E-state index contributed by atoms with van der Waals surface area (Å²) in [5, 5.41) is 14.1. The van der Waals surface area contributed by atoms with E-state index in [1.165, 1.54) is 18.4 Å². The van der Waals surface area contributed by atoms with E-state index in [0.29, 0.717) is 5.92 Å². The summed E-state index contributed by atoms with van der Waals surface area (Å²) in [6, 6.07) is 18.4. The molecular formula is C18H20ClNO. The number of aliphatic hydroxyl groups is 1. The molecule has 0 bridgehead atoms. The van der Waals surface area contributed by atoms with Crippen LogP contribution in [0.3, 0.4) is 0 Å². The predicted molar refractivity (Wildman–Crippen MR) is 86.3 cm³/mol.